The number of hydrogen-bond acceptors (Lipinski definition) is 1. The van der Waals surface area contributed by atoms with Crippen molar-refractivity contribution in [2.45, 2.75) is 20.3 Å². The topological polar surface area (TPSA) is 29.1 Å². The van der Waals surface area contributed by atoms with E-state index in [-0.39, 0.29) is 5.91 Å². The number of carbonyl (C=O) groups is 1. The van der Waals surface area contributed by atoms with E-state index in [1.54, 1.807) is 0 Å². The molecule has 0 rings (SSSR count). The Morgan fingerprint density at radius 3 is 2.30 bits per heavy atom. The van der Waals surface area contributed by atoms with Gasteiger partial charge in [0.2, 0.25) is 5.91 Å². The van der Waals surface area contributed by atoms with Gasteiger partial charge in [0.05, 0.1) is 0 Å². The van der Waals surface area contributed by atoms with Crippen LogP contribution in [-0.4, -0.2) is 5.91 Å². The summed E-state index contributed by atoms with van der Waals surface area (Å²) in [6.45, 7) is 10.8. The van der Waals surface area contributed by atoms with Gasteiger partial charge in [0.15, 0.2) is 0 Å². The second kappa shape index (κ2) is 3.88. The zero-order valence-electron chi connectivity index (χ0n) is 6.53. The molecule has 0 unspecified atom stereocenters. The van der Waals surface area contributed by atoms with Gasteiger partial charge in [0.1, 0.15) is 0 Å². The van der Waals surface area contributed by atoms with Crippen molar-refractivity contribution in [1.82, 2.24) is 5.32 Å². The lowest BCUT2D eigenvalue weighted by atomic mass is 10.2. The molecule has 0 aliphatic carbocycles. The van der Waals surface area contributed by atoms with E-state index in [9.17, 15) is 4.79 Å². The largest absolute Gasteiger partial charge is 0.327 e. The van der Waals surface area contributed by atoms with Crippen LogP contribution < -0.4 is 5.32 Å². The molecular weight excluding hydrogens is 126 g/mol. The lowest BCUT2D eigenvalue weighted by Gasteiger charge is -2.05. The molecule has 0 heterocycles. The van der Waals surface area contributed by atoms with Crippen molar-refractivity contribution < 1.29 is 4.79 Å². The Morgan fingerprint density at radius 1 is 1.50 bits per heavy atom. The van der Waals surface area contributed by atoms with Gasteiger partial charge in [0.25, 0.3) is 0 Å². The average Bonchev–Trinajstić information content (AvgIpc) is 1.85. The zero-order chi connectivity index (χ0) is 8.15. The van der Waals surface area contributed by atoms with Gasteiger partial charge in [0, 0.05) is 12.6 Å². The van der Waals surface area contributed by atoms with Crippen molar-refractivity contribution in [2.75, 3.05) is 0 Å². The normalized spacial score (nSPS) is 8.60. The summed E-state index contributed by atoms with van der Waals surface area (Å²) in [4.78, 5) is 10.5. The summed E-state index contributed by atoms with van der Waals surface area (Å²) in [5.74, 6) is -0.0976. The van der Waals surface area contributed by atoms with E-state index in [1.807, 2.05) is 6.92 Å². The van der Waals surface area contributed by atoms with E-state index >= 15 is 0 Å². The van der Waals surface area contributed by atoms with Gasteiger partial charge < -0.3 is 5.32 Å². The molecule has 0 radical (unpaired) electrons. The Balaban J connectivity index is 3.86. The predicted octanol–water partition coefficient (Wildman–Crippen LogP) is 1.60. The molecule has 1 amide bonds. The summed E-state index contributed by atoms with van der Waals surface area (Å²) in [5, 5.41) is 2.56. The fourth-order valence-electron chi connectivity index (χ4n) is 0.514. The third kappa shape index (κ3) is 3.07. The molecule has 0 atom stereocenters. The fraction of sp³-hybridized carbons (Fsp3) is 0.375. The van der Waals surface area contributed by atoms with Crippen LogP contribution in [0.3, 0.4) is 0 Å². The number of allylic oxidation sites excluding steroid dienone is 1. The second-order valence-corrected chi connectivity index (χ2v) is 2.12. The number of amides is 1. The molecule has 0 fully saturated rings. The van der Waals surface area contributed by atoms with Gasteiger partial charge in [-0.15, -0.1) is 0 Å². The molecule has 0 aromatic carbocycles. The molecule has 0 aromatic rings. The minimum atomic E-state index is -0.0976. The molecular formula is C8H13NO. The molecule has 0 aliphatic heterocycles. The first-order chi connectivity index (χ1) is 4.57. The van der Waals surface area contributed by atoms with Crippen LogP contribution in [0.2, 0.25) is 0 Å². The van der Waals surface area contributed by atoms with E-state index in [1.165, 1.54) is 6.92 Å². The smallest absolute Gasteiger partial charge is 0.221 e. The average molecular weight is 139 g/mol. The fourth-order valence-corrected chi connectivity index (χ4v) is 0.514. The zero-order valence-corrected chi connectivity index (χ0v) is 6.53. The van der Waals surface area contributed by atoms with Crippen molar-refractivity contribution in [2.24, 2.45) is 0 Å². The summed E-state index contributed by atoms with van der Waals surface area (Å²) in [6.07, 6.45) is 0.819. The standard InChI is InChI=1S/C8H13NO/c1-5-6(2)7(3)9-8(4)10/h2-3,5H2,1,4H3,(H,9,10). The van der Waals surface area contributed by atoms with Crippen LogP contribution in [0.1, 0.15) is 20.3 Å². The lowest BCUT2D eigenvalue weighted by Crippen LogP contribution is -2.18. The van der Waals surface area contributed by atoms with Crippen LogP contribution in [0, 0.1) is 0 Å². The van der Waals surface area contributed by atoms with E-state index in [4.69, 9.17) is 0 Å². The highest BCUT2D eigenvalue weighted by Crippen LogP contribution is 2.04. The first-order valence-corrected chi connectivity index (χ1v) is 3.22. The molecule has 2 nitrogen and oxygen atoms in total. The Labute approximate surface area is 61.6 Å². The van der Waals surface area contributed by atoms with E-state index in [2.05, 4.69) is 18.5 Å². The SMILES string of the molecule is C=C(CC)C(=C)NC(C)=O. The monoisotopic (exact) mass is 139 g/mol. The molecule has 0 bridgehead atoms. The minimum absolute atomic E-state index is 0.0976. The predicted molar refractivity (Wildman–Crippen MR) is 42.4 cm³/mol. The van der Waals surface area contributed by atoms with Gasteiger partial charge in [-0.1, -0.05) is 20.1 Å². The molecule has 10 heavy (non-hydrogen) atoms. The van der Waals surface area contributed by atoms with Gasteiger partial charge >= 0.3 is 0 Å². The van der Waals surface area contributed by atoms with Gasteiger partial charge in [-0.3, -0.25) is 4.79 Å². The maximum absolute atomic E-state index is 10.5. The van der Waals surface area contributed by atoms with Crippen LogP contribution in [0.15, 0.2) is 24.4 Å². The van der Waals surface area contributed by atoms with Gasteiger partial charge in [-0.05, 0) is 12.0 Å². The first kappa shape index (κ1) is 8.95. The minimum Gasteiger partial charge on any atom is -0.327 e. The number of hydrogen-bond donors (Lipinski definition) is 1. The van der Waals surface area contributed by atoms with E-state index in [0.29, 0.717) is 5.70 Å². The molecule has 0 aliphatic rings. The highest BCUT2D eigenvalue weighted by atomic mass is 16.1. The van der Waals surface area contributed by atoms with Crippen LogP contribution in [0.5, 0.6) is 0 Å². The third-order valence-electron chi connectivity index (χ3n) is 1.18. The van der Waals surface area contributed by atoms with Crippen LogP contribution in [0.25, 0.3) is 0 Å². The summed E-state index contributed by atoms with van der Waals surface area (Å²) in [5.41, 5.74) is 1.49. The highest BCUT2D eigenvalue weighted by Gasteiger charge is 1.97. The van der Waals surface area contributed by atoms with E-state index in [0.717, 1.165) is 12.0 Å². The number of nitrogens with one attached hydrogen (secondary N) is 1. The van der Waals surface area contributed by atoms with Crippen LogP contribution in [0.4, 0.5) is 0 Å². The molecule has 56 valence electrons. The highest BCUT2D eigenvalue weighted by molar-refractivity contribution is 5.75. The maximum Gasteiger partial charge on any atom is 0.221 e. The molecule has 0 spiro atoms. The molecule has 1 N–H and O–H groups in total. The van der Waals surface area contributed by atoms with Crippen molar-refractivity contribution in [3.8, 4) is 0 Å². The van der Waals surface area contributed by atoms with Crippen molar-refractivity contribution in [3.63, 3.8) is 0 Å². The summed E-state index contributed by atoms with van der Waals surface area (Å²) in [6, 6.07) is 0. The number of carbonyl (C=O) groups excluding carboxylic acids is 1. The lowest BCUT2D eigenvalue weighted by molar-refractivity contribution is -0.118. The summed E-state index contributed by atoms with van der Waals surface area (Å²) < 4.78 is 0. The Hall–Kier alpha value is -1.05. The van der Waals surface area contributed by atoms with Crippen molar-refractivity contribution in [3.05, 3.63) is 24.4 Å². The summed E-state index contributed by atoms with van der Waals surface area (Å²) >= 11 is 0. The van der Waals surface area contributed by atoms with Gasteiger partial charge in [-0.2, -0.15) is 0 Å². The second-order valence-electron chi connectivity index (χ2n) is 2.12. The Kier molecular flexibility index (Phi) is 3.47. The number of rotatable bonds is 3. The van der Waals surface area contributed by atoms with Crippen LogP contribution >= 0.6 is 0 Å². The van der Waals surface area contributed by atoms with E-state index < -0.39 is 0 Å². The first-order valence-electron chi connectivity index (χ1n) is 3.22. The van der Waals surface area contributed by atoms with Crippen LogP contribution in [-0.2, 0) is 4.79 Å². The third-order valence-corrected chi connectivity index (χ3v) is 1.18. The molecule has 0 saturated heterocycles. The summed E-state index contributed by atoms with van der Waals surface area (Å²) in [7, 11) is 0. The van der Waals surface area contributed by atoms with Crippen molar-refractivity contribution in [1.29, 1.82) is 0 Å². The Morgan fingerprint density at radius 2 is 2.00 bits per heavy atom. The van der Waals surface area contributed by atoms with Gasteiger partial charge in [-0.25, -0.2) is 0 Å². The quantitative estimate of drug-likeness (QED) is 0.591. The van der Waals surface area contributed by atoms with Crippen molar-refractivity contribution >= 4 is 5.91 Å². The molecule has 2 heteroatoms. The Bertz CT molecular complexity index is 170. The molecule has 0 aromatic heterocycles. The maximum atomic E-state index is 10.5. The molecule has 0 saturated carbocycles.